The Morgan fingerprint density at radius 1 is 1.54 bits per heavy atom. The van der Waals surface area contributed by atoms with E-state index in [0.717, 1.165) is 0 Å². The van der Waals surface area contributed by atoms with Crippen molar-refractivity contribution in [2.24, 2.45) is 5.84 Å². The van der Waals surface area contributed by atoms with E-state index < -0.39 is 6.17 Å². The van der Waals surface area contributed by atoms with Crippen LogP contribution in [0.4, 0.5) is 4.39 Å². The van der Waals surface area contributed by atoms with E-state index in [0.29, 0.717) is 10.6 Å². The summed E-state index contributed by atoms with van der Waals surface area (Å²) in [7, 11) is 1.67. The van der Waals surface area contributed by atoms with Crippen molar-refractivity contribution in [2.45, 2.75) is 6.17 Å². The minimum atomic E-state index is -0.432. The van der Waals surface area contributed by atoms with Crippen LogP contribution in [0.1, 0.15) is 11.7 Å². The van der Waals surface area contributed by atoms with Gasteiger partial charge in [-0.05, 0) is 25.2 Å². The van der Waals surface area contributed by atoms with Gasteiger partial charge in [0.05, 0.1) is 6.17 Å². The first-order valence-corrected chi connectivity index (χ1v) is 4.15. The van der Waals surface area contributed by atoms with E-state index in [1.54, 1.807) is 7.05 Å². The highest BCUT2D eigenvalue weighted by atomic mass is 35.5. The summed E-state index contributed by atoms with van der Waals surface area (Å²) in [5.41, 5.74) is 2.83. The van der Waals surface area contributed by atoms with Crippen LogP contribution in [0.3, 0.4) is 0 Å². The number of nitrogens with two attached hydrogens (primary N) is 1. The summed E-state index contributed by atoms with van der Waals surface area (Å²) in [6.07, 6.45) is -0.432. The second kappa shape index (κ2) is 4.53. The molecule has 0 aliphatic rings. The first-order chi connectivity index (χ1) is 6.19. The highest BCUT2D eigenvalue weighted by Crippen LogP contribution is 2.18. The minimum Gasteiger partial charge on any atom is -0.300 e. The Morgan fingerprint density at radius 3 is 2.77 bits per heavy atom. The number of rotatable bonds is 3. The normalized spacial score (nSPS) is 12.9. The van der Waals surface area contributed by atoms with Crippen LogP contribution >= 0.6 is 11.6 Å². The quantitative estimate of drug-likeness (QED) is 0.393. The molecule has 5 heteroatoms. The molecule has 13 heavy (non-hydrogen) atoms. The largest absolute Gasteiger partial charge is 0.300 e. The molecule has 1 unspecified atom stereocenters. The summed E-state index contributed by atoms with van der Waals surface area (Å²) in [5.74, 6) is 4.87. The molecule has 0 bridgehead atoms. The molecule has 0 saturated carbocycles. The first kappa shape index (κ1) is 10.4. The average Bonchev–Trinajstić information content (AvgIpc) is 2.13. The first-order valence-electron chi connectivity index (χ1n) is 3.77. The third-order valence-electron chi connectivity index (χ3n) is 1.72. The molecule has 1 rings (SSSR count). The maximum absolute atomic E-state index is 13.2. The van der Waals surface area contributed by atoms with Crippen molar-refractivity contribution in [2.75, 3.05) is 7.05 Å². The summed E-state index contributed by atoms with van der Waals surface area (Å²) in [4.78, 5) is 0. The molecule has 0 fully saturated rings. The Balaban J connectivity index is 3.03. The van der Waals surface area contributed by atoms with Gasteiger partial charge in [0, 0.05) is 10.6 Å². The van der Waals surface area contributed by atoms with Crippen LogP contribution in [-0.2, 0) is 0 Å². The molecule has 0 aliphatic heterocycles. The fraction of sp³-hybridized carbons (Fsp3) is 0.250. The van der Waals surface area contributed by atoms with E-state index in [2.05, 4.69) is 10.7 Å². The smallest absolute Gasteiger partial charge is 0.129 e. The Labute approximate surface area is 81.0 Å². The van der Waals surface area contributed by atoms with Crippen molar-refractivity contribution in [1.82, 2.24) is 10.7 Å². The molecular weight excluding hydrogens is 193 g/mol. The average molecular weight is 204 g/mol. The van der Waals surface area contributed by atoms with Crippen LogP contribution in [0, 0.1) is 5.82 Å². The topological polar surface area (TPSA) is 50.1 Å². The van der Waals surface area contributed by atoms with Gasteiger partial charge in [-0.15, -0.1) is 0 Å². The zero-order chi connectivity index (χ0) is 9.84. The molecule has 0 radical (unpaired) electrons. The van der Waals surface area contributed by atoms with E-state index in [-0.39, 0.29) is 5.82 Å². The molecule has 0 spiro atoms. The second-order valence-electron chi connectivity index (χ2n) is 2.55. The van der Waals surface area contributed by atoms with Gasteiger partial charge in [-0.1, -0.05) is 11.6 Å². The minimum absolute atomic E-state index is 0.346. The van der Waals surface area contributed by atoms with Crippen LogP contribution in [0.25, 0.3) is 0 Å². The lowest BCUT2D eigenvalue weighted by atomic mass is 10.1. The molecule has 1 atom stereocenters. The summed E-state index contributed by atoms with van der Waals surface area (Å²) in [5, 5.41) is 3.28. The molecule has 4 N–H and O–H groups in total. The molecule has 0 aromatic heterocycles. The maximum atomic E-state index is 13.2. The molecule has 0 saturated heterocycles. The van der Waals surface area contributed by atoms with Gasteiger partial charge in [0.25, 0.3) is 0 Å². The van der Waals surface area contributed by atoms with E-state index >= 15 is 0 Å². The lowest BCUT2D eigenvalue weighted by Crippen LogP contribution is -2.37. The van der Waals surface area contributed by atoms with Gasteiger partial charge in [0.2, 0.25) is 0 Å². The van der Waals surface area contributed by atoms with E-state index in [9.17, 15) is 4.39 Å². The fourth-order valence-electron chi connectivity index (χ4n) is 1.06. The molecule has 1 aromatic rings. The van der Waals surface area contributed by atoms with Crippen LogP contribution in [0.5, 0.6) is 0 Å². The zero-order valence-electron chi connectivity index (χ0n) is 7.14. The molecule has 0 heterocycles. The fourth-order valence-corrected chi connectivity index (χ4v) is 1.24. The van der Waals surface area contributed by atoms with Gasteiger partial charge >= 0.3 is 0 Å². The lowest BCUT2D eigenvalue weighted by molar-refractivity contribution is 0.462. The van der Waals surface area contributed by atoms with Crippen molar-refractivity contribution in [3.63, 3.8) is 0 Å². The Kier molecular flexibility index (Phi) is 3.62. The van der Waals surface area contributed by atoms with Gasteiger partial charge in [0.15, 0.2) is 0 Å². The van der Waals surface area contributed by atoms with Crippen LogP contribution in [0.2, 0.25) is 5.02 Å². The number of nitrogens with one attached hydrogen (secondary N) is 2. The highest BCUT2D eigenvalue weighted by molar-refractivity contribution is 6.30. The van der Waals surface area contributed by atoms with Crippen molar-refractivity contribution >= 4 is 11.6 Å². The monoisotopic (exact) mass is 203 g/mol. The van der Waals surface area contributed by atoms with Gasteiger partial charge in [0.1, 0.15) is 5.82 Å². The molecule has 72 valence electrons. The van der Waals surface area contributed by atoms with E-state index in [1.165, 1.54) is 18.2 Å². The zero-order valence-corrected chi connectivity index (χ0v) is 7.90. The standard InChI is InChI=1S/C8H11ClFN3/c1-12-8(13-11)6-4-5(9)2-3-7(6)10/h2-4,8,12-13H,11H2,1H3. The van der Waals surface area contributed by atoms with Crippen LogP contribution in [0.15, 0.2) is 18.2 Å². The highest BCUT2D eigenvalue weighted by Gasteiger charge is 2.11. The maximum Gasteiger partial charge on any atom is 0.129 e. The van der Waals surface area contributed by atoms with E-state index in [1.807, 2.05) is 0 Å². The van der Waals surface area contributed by atoms with Crippen molar-refractivity contribution in [3.05, 3.63) is 34.6 Å². The number of hydrogen-bond acceptors (Lipinski definition) is 3. The number of benzene rings is 1. The third kappa shape index (κ3) is 2.38. The van der Waals surface area contributed by atoms with Crippen molar-refractivity contribution < 1.29 is 4.39 Å². The van der Waals surface area contributed by atoms with Crippen LogP contribution in [-0.4, -0.2) is 7.05 Å². The molecular formula is C8H11ClFN3. The summed E-state index contributed by atoms with van der Waals surface area (Å²) in [6, 6.07) is 4.32. The second-order valence-corrected chi connectivity index (χ2v) is 2.99. The van der Waals surface area contributed by atoms with E-state index in [4.69, 9.17) is 17.4 Å². The Morgan fingerprint density at radius 2 is 2.23 bits per heavy atom. The van der Waals surface area contributed by atoms with Gasteiger partial charge in [-0.2, -0.15) is 0 Å². The Hall–Kier alpha value is -0.680. The lowest BCUT2D eigenvalue weighted by Gasteiger charge is -2.15. The SMILES string of the molecule is CNC(NN)c1cc(Cl)ccc1F. The molecule has 0 aliphatic carbocycles. The van der Waals surface area contributed by atoms with Crippen molar-refractivity contribution in [3.8, 4) is 0 Å². The van der Waals surface area contributed by atoms with Crippen molar-refractivity contribution in [1.29, 1.82) is 0 Å². The number of hydrazine groups is 1. The van der Waals surface area contributed by atoms with Gasteiger partial charge in [-0.3, -0.25) is 5.84 Å². The molecule has 0 amide bonds. The summed E-state index contributed by atoms with van der Waals surface area (Å²) >= 11 is 5.71. The predicted octanol–water partition coefficient (Wildman–Crippen LogP) is 1.16. The predicted molar refractivity (Wildman–Crippen MR) is 50.5 cm³/mol. The molecule has 3 nitrogen and oxygen atoms in total. The Bertz CT molecular complexity index is 289. The third-order valence-corrected chi connectivity index (χ3v) is 1.96. The van der Waals surface area contributed by atoms with Gasteiger partial charge < -0.3 is 5.32 Å². The van der Waals surface area contributed by atoms with Gasteiger partial charge in [-0.25, -0.2) is 9.82 Å². The number of hydrogen-bond donors (Lipinski definition) is 3. The van der Waals surface area contributed by atoms with Crippen LogP contribution < -0.4 is 16.6 Å². The molecule has 1 aromatic carbocycles. The number of halogens is 2. The summed E-state index contributed by atoms with van der Waals surface area (Å²) in [6.45, 7) is 0. The summed E-state index contributed by atoms with van der Waals surface area (Å²) < 4.78 is 13.2.